The van der Waals surface area contributed by atoms with Crippen molar-refractivity contribution in [2.45, 2.75) is 56.7 Å². The number of aliphatic carboxylic acids is 2. The lowest BCUT2D eigenvalue weighted by molar-refractivity contribution is -0.149. The van der Waals surface area contributed by atoms with Gasteiger partial charge in [0.15, 0.2) is 0 Å². The molecule has 0 bridgehead atoms. The number of Topliss-reactive ketones (excluding diaryl/α,β-unsaturated/α-hetero) is 2. The number of hydrogen-bond acceptors (Lipinski definition) is 10. The number of carbonyl (C=O) groups is 10. The van der Waals surface area contributed by atoms with E-state index in [0.29, 0.717) is 17.5 Å². The standard InChI is InChI=1S/C34H36N6O12/c35-25(41)11-9-23(33(50)40-13-3-6-24(40)34(51)52)39-27(43)16-37-32(49)22(10-12-28(44)45)38-26(42)15-36-31(48)17-7-8-20-21(14-17)18-4-1-2-5-19(18)29(46)30(20)47/h1-2,4-5,7-8,14,22-24H,3,6,9-13,15-16H2,(H2,35,41)(H,36,48)(H,37,49)(H,38,42)(H,39,43)(H,44,45)(H,51,52). The summed E-state index contributed by atoms with van der Waals surface area (Å²) in [7, 11) is 0. The number of benzene rings is 2. The van der Waals surface area contributed by atoms with Crippen LogP contribution in [0, 0.1) is 0 Å². The van der Waals surface area contributed by atoms with Crippen LogP contribution in [-0.4, -0.2) is 112 Å². The molecule has 0 radical (unpaired) electrons. The first-order valence-electron chi connectivity index (χ1n) is 16.2. The molecule has 6 amide bonds. The van der Waals surface area contributed by atoms with E-state index in [-0.39, 0.29) is 42.5 Å². The third kappa shape index (κ3) is 9.40. The zero-order valence-corrected chi connectivity index (χ0v) is 27.6. The maximum Gasteiger partial charge on any atom is 0.326 e. The van der Waals surface area contributed by atoms with Gasteiger partial charge in [-0.05, 0) is 55.0 Å². The summed E-state index contributed by atoms with van der Waals surface area (Å²) in [6, 6.07) is 6.52. The lowest BCUT2D eigenvalue weighted by atomic mass is 9.83. The van der Waals surface area contributed by atoms with Crippen LogP contribution in [0.25, 0.3) is 11.1 Å². The van der Waals surface area contributed by atoms with Gasteiger partial charge in [0.25, 0.3) is 5.91 Å². The van der Waals surface area contributed by atoms with Crippen LogP contribution in [0.3, 0.4) is 0 Å². The monoisotopic (exact) mass is 720 g/mol. The van der Waals surface area contributed by atoms with Crippen molar-refractivity contribution in [2.24, 2.45) is 5.73 Å². The average Bonchev–Trinajstić information content (AvgIpc) is 3.62. The summed E-state index contributed by atoms with van der Waals surface area (Å²) in [6.07, 6.45) is -0.887. The molecule has 4 rings (SSSR count). The fourth-order valence-corrected chi connectivity index (χ4v) is 5.88. The van der Waals surface area contributed by atoms with Gasteiger partial charge in [0, 0.05) is 36.1 Å². The Morgan fingerprint density at radius 2 is 1.37 bits per heavy atom. The van der Waals surface area contributed by atoms with Crippen LogP contribution < -0.4 is 27.0 Å². The second kappa shape index (κ2) is 17.0. The van der Waals surface area contributed by atoms with Crippen molar-refractivity contribution in [2.75, 3.05) is 19.6 Å². The number of carboxylic acids is 2. The molecule has 0 aromatic heterocycles. The molecular formula is C34H36N6O12. The highest BCUT2D eigenvalue weighted by atomic mass is 16.4. The largest absolute Gasteiger partial charge is 0.481 e. The van der Waals surface area contributed by atoms with Crippen LogP contribution in [0.5, 0.6) is 0 Å². The normalized spacial score (nSPS) is 15.7. The van der Waals surface area contributed by atoms with Gasteiger partial charge in [0.1, 0.15) is 18.1 Å². The Hall–Kier alpha value is -6.46. The molecule has 2 aromatic rings. The number of nitrogens with zero attached hydrogens (tertiary/aromatic N) is 1. The molecule has 274 valence electrons. The Balaban J connectivity index is 1.35. The summed E-state index contributed by atoms with van der Waals surface area (Å²) in [4.78, 5) is 125. The van der Waals surface area contributed by atoms with E-state index in [1.807, 2.05) is 0 Å². The topological polar surface area (TPSA) is 289 Å². The number of fused-ring (bicyclic) bond motifs is 3. The first-order chi connectivity index (χ1) is 24.7. The third-order valence-corrected chi connectivity index (χ3v) is 8.46. The first-order valence-corrected chi connectivity index (χ1v) is 16.2. The average molecular weight is 721 g/mol. The van der Waals surface area contributed by atoms with Gasteiger partial charge in [-0.3, -0.25) is 43.2 Å². The predicted molar refractivity (Wildman–Crippen MR) is 177 cm³/mol. The zero-order chi connectivity index (χ0) is 38.1. The maximum atomic E-state index is 13.1. The minimum absolute atomic E-state index is 0.0607. The number of ketones is 2. The number of hydrogen-bond donors (Lipinski definition) is 7. The summed E-state index contributed by atoms with van der Waals surface area (Å²) in [5.74, 6) is -8.92. The number of carbonyl (C=O) groups excluding carboxylic acids is 8. The van der Waals surface area contributed by atoms with Crippen LogP contribution in [0.1, 0.15) is 69.6 Å². The first kappa shape index (κ1) is 38.3. The number of amides is 6. The predicted octanol–water partition coefficient (Wildman–Crippen LogP) is -1.25. The molecule has 1 aliphatic carbocycles. The second-order valence-electron chi connectivity index (χ2n) is 12.1. The Kier molecular flexibility index (Phi) is 12.5. The van der Waals surface area contributed by atoms with Gasteiger partial charge in [-0.25, -0.2) is 4.79 Å². The number of nitrogens with two attached hydrogens (primary N) is 1. The van der Waals surface area contributed by atoms with Crippen molar-refractivity contribution >= 4 is 58.9 Å². The van der Waals surface area contributed by atoms with Gasteiger partial charge >= 0.3 is 11.9 Å². The summed E-state index contributed by atoms with van der Waals surface area (Å²) < 4.78 is 0. The molecule has 1 aliphatic heterocycles. The van der Waals surface area contributed by atoms with Gasteiger partial charge in [-0.15, -0.1) is 0 Å². The minimum atomic E-state index is -1.47. The summed E-state index contributed by atoms with van der Waals surface area (Å²) in [5, 5.41) is 27.9. The Labute approximate surface area is 295 Å². The molecule has 0 saturated carbocycles. The lowest BCUT2D eigenvalue weighted by Crippen LogP contribution is -2.54. The quantitative estimate of drug-likeness (QED) is 0.100. The van der Waals surface area contributed by atoms with Crippen LogP contribution >= 0.6 is 0 Å². The molecule has 18 nitrogen and oxygen atoms in total. The molecule has 18 heteroatoms. The second-order valence-corrected chi connectivity index (χ2v) is 12.1. The number of carboxylic acid groups (broad SMARTS) is 2. The Bertz CT molecular complexity index is 1840. The third-order valence-electron chi connectivity index (χ3n) is 8.46. The van der Waals surface area contributed by atoms with Crippen molar-refractivity contribution in [1.82, 2.24) is 26.2 Å². The zero-order valence-electron chi connectivity index (χ0n) is 27.6. The van der Waals surface area contributed by atoms with Crippen molar-refractivity contribution in [1.29, 1.82) is 0 Å². The van der Waals surface area contributed by atoms with E-state index in [4.69, 9.17) is 10.8 Å². The van der Waals surface area contributed by atoms with E-state index in [1.165, 1.54) is 24.3 Å². The Morgan fingerprint density at radius 1 is 0.769 bits per heavy atom. The number of likely N-dealkylation sites (tertiary alicyclic amines) is 1. The van der Waals surface area contributed by atoms with Crippen molar-refractivity contribution < 1.29 is 58.2 Å². The number of nitrogens with one attached hydrogen (secondary N) is 4. The highest BCUT2D eigenvalue weighted by Gasteiger charge is 2.38. The molecule has 2 aromatic carbocycles. The van der Waals surface area contributed by atoms with Crippen LogP contribution in [0.4, 0.5) is 0 Å². The lowest BCUT2D eigenvalue weighted by Gasteiger charge is -2.27. The fourth-order valence-electron chi connectivity index (χ4n) is 5.88. The molecule has 2 aliphatic rings. The van der Waals surface area contributed by atoms with E-state index >= 15 is 0 Å². The molecule has 3 unspecified atom stereocenters. The molecule has 3 atom stereocenters. The minimum Gasteiger partial charge on any atom is -0.481 e. The molecule has 52 heavy (non-hydrogen) atoms. The van der Waals surface area contributed by atoms with Crippen LogP contribution in [0.2, 0.25) is 0 Å². The van der Waals surface area contributed by atoms with E-state index in [2.05, 4.69) is 21.3 Å². The summed E-state index contributed by atoms with van der Waals surface area (Å²) in [6.45, 7) is -1.28. The number of rotatable bonds is 16. The summed E-state index contributed by atoms with van der Waals surface area (Å²) in [5.41, 5.74) is 6.37. The SMILES string of the molecule is NC(=O)CCC(NC(=O)CNC(=O)C(CCC(=O)O)NC(=O)CNC(=O)c1ccc2c(c1)-c1ccccc1C(=O)C2=O)C(=O)N1CCCC1C(=O)O. The highest BCUT2D eigenvalue weighted by molar-refractivity contribution is 6.53. The molecule has 0 spiro atoms. The molecular weight excluding hydrogens is 684 g/mol. The van der Waals surface area contributed by atoms with E-state index in [0.717, 1.165) is 4.90 Å². The molecule has 1 heterocycles. The highest BCUT2D eigenvalue weighted by Crippen LogP contribution is 2.34. The number of primary amides is 1. The molecule has 1 fully saturated rings. The van der Waals surface area contributed by atoms with E-state index in [1.54, 1.807) is 18.2 Å². The van der Waals surface area contributed by atoms with Crippen molar-refractivity contribution in [3.63, 3.8) is 0 Å². The van der Waals surface area contributed by atoms with Gasteiger partial charge in [-0.1, -0.05) is 24.3 Å². The fraction of sp³-hybridized carbons (Fsp3) is 0.353. The smallest absolute Gasteiger partial charge is 0.326 e. The van der Waals surface area contributed by atoms with Crippen molar-refractivity contribution in [3.8, 4) is 11.1 Å². The van der Waals surface area contributed by atoms with Crippen molar-refractivity contribution in [3.05, 3.63) is 59.2 Å². The van der Waals surface area contributed by atoms with Gasteiger partial charge in [0.05, 0.1) is 13.1 Å². The summed E-state index contributed by atoms with van der Waals surface area (Å²) >= 11 is 0. The molecule has 8 N–H and O–H groups in total. The van der Waals surface area contributed by atoms with Crippen LogP contribution in [0.15, 0.2) is 42.5 Å². The van der Waals surface area contributed by atoms with Gasteiger partial charge in [0.2, 0.25) is 41.1 Å². The van der Waals surface area contributed by atoms with Gasteiger partial charge in [-0.2, -0.15) is 0 Å². The maximum absolute atomic E-state index is 13.1. The van der Waals surface area contributed by atoms with E-state index in [9.17, 15) is 53.1 Å². The van der Waals surface area contributed by atoms with Gasteiger partial charge < -0.3 is 42.1 Å². The molecule has 1 saturated heterocycles. The van der Waals surface area contributed by atoms with E-state index < -0.39 is 103 Å². The Morgan fingerprint density at radius 3 is 2.00 bits per heavy atom. The van der Waals surface area contributed by atoms with Crippen LogP contribution in [-0.2, 0) is 33.6 Å².